The molecule has 0 spiro atoms. The number of anilines is 2. The first-order valence-electron chi connectivity index (χ1n) is 10.7. The highest BCUT2D eigenvalue weighted by atomic mass is 32.2. The number of sulfonamides is 1. The number of rotatable bonds is 2. The van der Waals surface area contributed by atoms with Gasteiger partial charge >= 0.3 is 0 Å². The SMILES string of the molecule is O=C(c1ccc2c(c1)S(=O)(=O)N=C1CCCCCN12)N1CCN(c2ccccn2)CC1. The summed E-state index contributed by atoms with van der Waals surface area (Å²) in [6, 6.07) is 10.8. The molecule has 0 saturated carbocycles. The standard InChI is InChI=1S/C22H25N5O3S/c28-22(26-14-12-25(13-15-26)20-6-3-4-10-23-20)17-8-9-18-19(16-17)31(29,30)24-21-7-2-1-5-11-27(18)21/h3-4,6,8-10,16H,1-2,5,7,11-15H2. The molecule has 0 unspecified atom stereocenters. The van der Waals surface area contributed by atoms with Crippen LogP contribution in [0.2, 0.25) is 0 Å². The van der Waals surface area contributed by atoms with Crippen LogP contribution >= 0.6 is 0 Å². The number of amidine groups is 1. The molecule has 31 heavy (non-hydrogen) atoms. The van der Waals surface area contributed by atoms with Crippen LogP contribution in [0.5, 0.6) is 0 Å². The Hall–Kier alpha value is -2.94. The maximum Gasteiger partial charge on any atom is 0.286 e. The number of carbonyl (C=O) groups excluding carboxylic acids is 1. The van der Waals surface area contributed by atoms with Crippen LogP contribution in [0.15, 0.2) is 51.9 Å². The molecule has 8 nitrogen and oxygen atoms in total. The van der Waals surface area contributed by atoms with Crippen molar-refractivity contribution in [3.63, 3.8) is 0 Å². The first-order chi connectivity index (χ1) is 15.0. The average molecular weight is 440 g/mol. The summed E-state index contributed by atoms with van der Waals surface area (Å²) in [5.41, 5.74) is 1.03. The van der Waals surface area contributed by atoms with Gasteiger partial charge in [-0.05, 0) is 43.2 Å². The van der Waals surface area contributed by atoms with Crippen molar-refractivity contribution in [2.75, 3.05) is 42.5 Å². The molecule has 0 aliphatic carbocycles. The van der Waals surface area contributed by atoms with Gasteiger partial charge in [0.2, 0.25) is 0 Å². The molecule has 0 bridgehead atoms. The minimum atomic E-state index is -3.80. The number of piperazine rings is 1. The van der Waals surface area contributed by atoms with Crippen molar-refractivity contribution < 1.29 is 13.2 Å². The Morgan fingerprint density at radius 3 is 2.55 bits per heavy atom. The maximum atomic E-state index is 13.1. The van der Waals surface area contributed by atoms with Crippen molar-refractivity contribution in [1.82, 2.24) is 9.88 Å². The first-order valence-corrected chi connectivity index (χ1v) is 12.2. The van der Waals surface area contributed by atoms with Crippen LogP contribution in [0.1, 0.15) is 36.0 Å². The molecule has 2 fully saturated rings. The number of hydrogen-bond acceptors (Lipinski definition) is 6. The van der Waals surface area contributed by atoms with E-state index >= 15 is 0 Å². The first kappa shape index (κ1) is 20.0. The van der Waals surface area contributed by atoms with Crippen LogP contribution in [0.25, 0.3) is 0 Å². The summed E-state index contributed by atoms with van der Waals surface area (Å²) in [7, 11) is -3.80. The fraction of sp³-hybridized carbons (Fsp3) is 0.409. The second kappa shape index (κ2) is 7.96. The molecule has 5 rings (SSSR count). The highest BCUT2D eigenvalue weighted by Gasteiger charge is 2.33. The molecule has 2 saturated heterocycles. The largest absolute Gasteiger partial charge is 0.353 e. The van der Waals surface area contributed by atoms with Crippen molar-refractivity contribution in [3.05, 3.63) is 48.2 Å². The Bertz CT molecular complexity index is 1130. The predicted octanol–water partition coefficient (Wildman–Crippen LogP) is 2.53. The van der Waals surface area contributed by atoms with Gasteiger partial charge in [-0.1, -0.05) is 12.5 Å². The molecular formula is C22H25N5O3S. The van der Waals surface area contributed by atoms with E-state index in [4.69, 9.17) is 0 Å². The number of benzene rings is 1. The average Bonchev–Trinajstić information content (AvgIpc) is 3.04. The van der Waals surface area contributed by atoms with E-state index in [-0.39, 0.29) is 10.8 Å². The highest BCUT2D eigenvalue weighted by molar-refractivity contribution is 7.90. The van der Waals surface area contributed by atoms with Crippen molar-refractivity contribution >= 4 is 33.3 Å². The smallest absolute Gasteiger partial charge is 0.286 e. The number of pyridine rings is 1. The lowest BCUT2D eigenvalue weighted by Gasteiger charge is -2.35. The van der Waals surface area contributed by atoms with E-state index in [0.29, 0.717) is 49.7 Å². The Labute approximate surface area is 182 Å². The monoisotopic (exact) mass is 439 g/mol. The van der Waals surface area contributed by atoms with Gasteiger partial charge in [0.05, 0.1) is 5.69 Å². The zero-order valence-corrected chi connectivity index (χ0v) is 18.1. The third kappa shape index (κ3) is 3.78. The summed E-state index contributed by atoms with van der Waals surface area (Å²) in [6.45, 7) is 3.26. The highest BCUT2D eigenvalue weighted by Crippen LogP contribution is 2.35. The van der Waals surface area contributed by atoms with Crippen molar-refractivity contribution in [3.8, 4) is 0 Å². The number of carbonyl (C=O) groups is 1. The lowest BCUT2D eigenvalue weighted by Crippen LogP contribution is -2.49. The third-order valence-electron chi connectivity index (χ3n) is 6.13. The minimum absolute atomic E-state index is 0.135. The lowest BCUT2D eigenvalue weighted by atomic mass is 10.1. The maximum absolute atomic E-state index is 13.1. The molecule has 9 heteroatoms. The van der Waals surface area contributed by atoms with E-state index in [1.54, 1.807) is 23.2 Å². The van der Waals surface area contributed by atoms with Gasteiger partial charge in [0.15, 0.2) is 0 Å². The molecule has 3 aliphatic heterocycles. The molecule has 4 heterocycles. The Balaban J connectivity index is 1.36. The second-order valence-corrected chi connectivity index (χ2v) is 9.67. The van der Waals surface area contributed by atoms with E-state index < -0.39 is 10.0 Å². The number of fused-ring (bicyclic) bond motifs is 3. The molecule has 0 radical (unpaired) electrons. The molecule has 162 valence electrons. The van der Waals surface area contributed by atoms with Gasteiger partial charge in [-0.15, -0.1) is 4.40 Å². The minimum Gasteiger partial charge on any atom is -0.353 e. The van der Waals surface area contributed by atoms with E-state index in [2.05, 4.69) is 14.3 Å². The summed E-state index contributed by atoms with van der Waals surface area (Å²) in [4.78, 5) is 23.6. The van der Waals surface area contributed by atoms with Crippen LogP contribution in [0.4, 0.5) is 11.5 Å². The van der Waals surface area contributed by atoms with Crippen molar-refractivity contribution in [2.24, 2.45) is 4.40 Å². The van der Waals surface area contributed by atoms with E-state index in [1.807, 2.05) is 23.1 Å². The molecule has 1 aromatic heterocycles. The quantitative estimate of drug-likeness (QED) is 0.715. The van der Waals surface area contributed by atoms with Gasteiger partial charge in [-0.25, -0.2) is 4.98 Å². The van der Waals surface area contributed by atoms with Gasteiger partial charge < -0.3 is 14.7 Å². The van der Waals surface area contributed by atoms with Gasteiger partial charge in [0.25, 0.3) is 15.9 Å². The van der Waals surface area contributed by atoms with Gasteiger partial charge in [0, 0.05) is 50.9 Å². The molecule has 1 aromatic carbocycles. The molecule has 0 N–H and O–H groups in total. The fourth-order valence-electron chi connectivity index (χ4n) is 4.47. The zero-order valence-electron chi connectivity index (χ0n) is 17.3. The number of hydrogen-bond donors (Lipinski definition) is 0. The fourth-order valence-corrected chi connectivity index (χ4v) is 5.76. The van der Waals surface area contributed by atoms with Crippen LogP contribution in [-0.4, -0.2) is 62.8 Å². The molecule has 1 amide bonds. The van der Waals surface area contributed by atoms with Crippen LogP contribution in [-0.2, 0) is 10.0 Å². The Kier molecular flexibility index (Phi) is 5.13. The van der Waals surface area contributed by atoms with Crippen LogP contribution in [0.3, 0.4) is 0 Å². The van der Waals surface area contributed by atoms with Gasteiger partial charge in [0.1, 0.15) is 16.5 Å². The third-order valence-corrected chi connectivity index (χ3v) is 7.47. The number of nitrogens with zero attached hydrogens (tertiary/aromatic N) is 5. The van der Waals surface area contributed by atoms with Crippen LogP contribution in [0, 0.1) is 0 Å². The van der Waals surface area contributed by atoms with E-state index in [1.165, 1.54) is 6.07 Å². The van der Waals surface area contributed by atoms with Crippen molar-refractivity contribution in [2.45, 2.75) is 30.6 Å². The molecule has 3 aliphatic rings. The molecular weight excluding hydrogens is 414 g/mol. The summed E-state index contributed by atoms with van der Waals surface area (Å²) < 4.78 is 29.7. The lowest BCUT2D eigenvalue weighted by molar-refractivity contribution is 0.0746. The summed E-state index contributed by atoms with van der Waals surface area (Å²) in [5.74, 6) is 1.37. The summed E-state index contributed by atoms with van der Waals surface area (Å²) in [5, 5.41) is 0. The van der Waals surface area contributed by atoms with E-state index in [0.717, 1.165) is 31.6 Å². The normalized spacial score (nSPS) is 20.4. The Morgan fingerprint density at radius 1 is 0.935 bits per heavy atom. The van der Waals surface area contributed by atoms with Gasteiger partial charge in [-0.3, -0.25) is 4.79 Å². The zero-order chi connectivity index (χ0) is 21.4. The van der Waals surface area contributed by atoms with Crippen LogP contribution < -0.4 is 9.80 Å². The predicted molar refractivity (Wildman–Crippen MR) is 119 cm³/mol. The second-order valence-electron chi connectivity index (χ2n) is 8.09. The van der Waals surface area contributed by atoms with Gasteiger partial charge in [-0.2, -0.15) is 8.42 Å². The summed E-state index contributed by atoms with van der Waals surface area (Å²) >= 11 is 0. The molecule has 2 aromatic rings. The van der Waals surface area contributed by atoms with Crippen molar-refractivity contribution in [1.29, 1.82) is 0 Å². The number of amides is 1. The number of aromatic nitrogens is 1. The molecule has 0 atom stereocenters. The van der Waals surface area contributed by atoms with E-state index in [9.17, 15) is 13.2 Å². The topological polar surface area (TPSA) is 86.2 Å². The summed E-state index contributed by atoms with van der Waals surface area (Å²) in [6.07, 6.45) is 5.44. The Morgan fingerprint density at radius 2 is 1.77 bits per heavy atom.